The fourth-order valence-electron chi connectivity index (χ4n) is 6.62. The number of rotatable bonds is 12. The largest absolute Gasteiger partial charge is 0.462 e. The zero-order valence-electron chi connectivity index (χ0n) is 49.1. The Hall–Kier alpha value is -4.62. The standard InChI is InChI=1S/C56H88O18S/c1-49(2,3)41(57)65-26-30-34(69-43(59)51(7,8)9)38(72-46(62)54(16,17)18)37(71-45(61)53(13,14)15)33(67-30)29-25-32(75-28-29)36-40(74-48(64)56(22,23)24)39(73-47(63)55(19,20)21)35(70-44(60)52(10,11)12)31(68-36)27-66-42(58)50(4,5)6/h25,28,30-31,33-40H,26-27H2,1-24H3/t30-,31-,33-,34-,35-,36-,37-,38+,39+,40-/m1/s1. The first-order valence-electron chi connectivity index (χ1n) is 25.6. The molecule has 426 valence electrons. The van der Waals surface area contributed by atoms with Crippen molar-refractivity contribution in [2.75, 3.05) is 13.2 Å². The SMILES string of the molecule is CC(C)(C)C(=O)OC[C@H]1O[C@H](c2csc([C@H]3O[C@H](COC(=O)C(C)(C)C)[C@@H](OC(=O)C(C)(C)C)[C@H](OC(=O)C(C)(C)C)[C@@H]3OC(=O)C(C)(C)C)c2)[C@@H](OC(=O)C(C)(C)C)[C@@H](OC(=O)C(C)(C)C)[C@@H]1OC(=O)C(C)(C)C. The number of hydrogen-bond acceptors (Lipinski definition) is 19. The highest BCUT2D eigenvalue weighted by molar-refractivity contribution is 7.10. The molecule has 1 aromatic heterocycles. The van der Waals surface area contributed by atoms with Crippen LogP contribution in [0.25, 0.3) is 0 Å². The van der Waals surface area contributed by atoms with Crippen LogP contribution in [0.4, 0.5) is 0 Å². The Morgan fingerprint density at radius 2 is 0.600 bits per heavy atom. The van der Waals surface area contributed by atoms with E-state index in [2.05, 4.69) is 0 Å². The van der Waals surface area contributed by atoms with Crippen LogP contribution in [-0.2, 0) is 85.7 Å². The maximum atomic E-state index is 14.1. The van der Waals surface area contributed by atoms with Crippen LogP contribution in [0.3, 0.4) is 0 Å². The maximum Gasteiger partial charge on any atom is 0.311 e. The van der Waals surface area contributed by atoms with Gasteiger partial charge in [-0.3, -0.25) is 38.4 Å². The van der Waals surface area contributed by atoms with Crippen LogP contribution < -0.4 is 0 Å². The summed E-state index contributed by atoms with van der Waals surface area (Å²) in [5.74, 6) is -5.63. The number of ether oxygens (including phenoxy) is 10. The van der Waals surface area contributed by atoms with E-state index in [-0.39, 0.29) is 5.56 Å². The molecular weight excluding hydrogens is 993 g/mol. The highest BCUT2D eigenvalue weighted by Gasteiger charge is 2.58. The fourth-order valence-corrected chi connectivity index (χ4v) is 7.63. The molecular formula is C56H88O18S. The van der Waals surface area contributed by atoms with Crippen LogP contribution in [0.15, 0.2) is 11.4 Å². The van der Waals surface area contributed by atoms with Gasteiger partial charge >= 0.3 is 47.8 Å². The van der Waals surface area contributed by atoms with E-state index >= 15 is 0 Å². The number of esters is 8. The molecule has 0 radical (unpaired) electrons. The third-order valence-corrected chi connectivity index (χ3v) is 12.6. The van der Waals surface area contributed by atoms with Gasteiger partial charge in [0.25, 0.3) is 0 Å². The molecule has 0 unspecified atom stereocenters. The lowest BCUT2D eigenvalue weighted by molar-refractivity contribution is -0.262. The summed E-state index contributed by atoms with van der Waals surface area (Å²) >= 11 is 1.08. The molecule has 0 bridgehead atoms. The van der Waals surface area contributed by atoms with E-state index in [0.29, 0.717) is 4.88 Å². The highest BCUT2D eigenvalue weighted by Crippen LogP contribution is 2.46. The van der Waals surface area contributed by atoms with E-state index < -0.39 is 165 Å². The molecule has 0 N–H and O–H groups in total. The molecule has 0 spiro atoms. The third-order valence-electron chi connectivity index (χ3n) is 11.6. The fraction of sp³-hybridized carbons (Fsp3) is 0.786. The Morgan fingerprint density at radius 3 is 0.880 bits per heavy atom. The zero-order valence-corrected chi connectivity index (χ0v) is 49.9. The van der Waals surface area contributed by atoms with Gasteiger partial charge in [0.05, 0.1) is 43.3 Å². The molecule has 3 rings (SSSR count). The molecule has 0 aromatic carbocycles. The highest BCUT2D eigenvalue weighted by atomic mass is 32.1. The Morgan fingerprint density at radius 1 is 0.360 bits per heavy atom. The normalized spacial score (nSPS) is 25.2. The van der Waals surface area contributed by atoms with Crippen LogP contribution in [0.1, 0.15) is 189 Å². The topological polar surface area (TPSA) is 229 Å². The van der Waals surface area contributed by atoms with E-state index in [9.17, 15) is 38.4 Å². The van der Waals surface area contributed by atoms with Crippen molar-refractivity contribution >= 4 is 59.1 Å². The summed E-state index contributed by atoms with van der Waals surface area (Å²) in [5.41, 5.74) is -8.37. The van der Waals surface area contributed by atoms with Crippen molar-refractivity contribution in [2.45, 2.75) is 227 Å². The summed E-state index contributed by atoms with van der Waals surface area (Å²) in [6.45, 7) is 38.2. The van der Waals surface area contributed by atoms with Gasteiger partial charge in [0.15, 0.2) is 36.6 Å². The summed E-state index contributed by atoms with van der Waals surface area (Å²) in [6.07, 6.45) is -14.6. The van der Waals surface area contributed by atoms with Gasteiger partial charge in [-0.2, -0.15) is 0 Å². The van der Waals surface area contributed by atoms with Crippen molar-refractivity contribution in [3.8, 4) is 0 Å². The summed E-state index contributed by atoms with van der Waals surface area (Å²) in [5, 5.41) is 1.64. The average molecular weight is 1080 g/mol. The molecule has 1 aromatic rings. The molecule has 18 nitrogen and oxygen atoms in total. The predicted octanol–water partition coefficient (Wildman–Crippen LogP) is 9.55. The molecule has 2 saturated heterocycles. The van der Waals surface area contributed by atoms with Crippen LogP contribution in [0.2, 0.25) is 0 Å². The molecule has 2 fully saturated rings. The quantitative estimate of drug-likeness (QED) is 0.140. The number of carbonyl (C=O) groups excluding carboxylic acids is 8. The van der Waals surface area contributed by atoms with Gasteiger partial charge < -0.3 is 47.4 Å². The van der Waals surface area contributed by atoms with Crippen LogP contribution in [0.5, 0.6) is 0 Å². The monoisotopic (exact) mass is 1080 g/mol. The van der Waals surface area contributed by atoms with E-state index in [4.69, 9.17) is 47.4 Å². The van der Waals surface area contributed by atoms with Gasteiger partial charge in [0, 0.05) is 4.88 Å². The van der Waals surface area contributed by atoms with Crippen molar-refractivity contribution in [2.24, 2.45) is 43.3 Å². The van der Waals surface area contributed by atoms with Crippen molar-refractivity contribution in [1.29, 1.82) is 0 Å². The second-order valence-electron chi connectivity index (χ2n) is 27.9. The second kappa shape index (κ2) is 23.1. The van der Waals surface area contributed by atoms with Crippen molar-refractivity contribution in [1.82, 2.24) is 0 Å². The van der Waals surface area contributed by atoms with Crippen LogP contribution in [-0.4, -0.2) is 110 Å². The van der Waals surface area contributed by atoms with Crippen LogP contribution >= 0.6 is 11.3 Å². The van der Waals surface area contributed by atoms with Crippen LogP contribution in [0, 0.1) is 43.3 Å². The lowest BCUT2D eigenvalue weighted by Gasteiger charge is -2.46. The number of carbonyl (C=O) groups is 8. The summed E-state index contributed by atoms with van der Waals surface area (Å²) in [7, 11) is 0. The first-order valence-corrected chi connectivity index (χ1v) is 26.4. The Labute approximate surface area is 448 Å². The molecule has 75 heavy (non-hydrogen) atoms. The summed E-state index contributed by atoms with van der Waals surface area (Å²) in [4.78, 5) is 111. The summed E-state index contributed by atoms with van der Waals surface area (Å²) < 4.78 is 62.8. The molecule has 0 amide bonds. The van der Waals surface area contributed by atoms with E-state index in [1.165, 1.54) is 0 Å². The molecule has 2 aliphatic heterocycles. The molecule has 2 aliphatic rings. The lowest BCUT2D eigenvalue weighted by atomic mass is 9.88. The minimum absolute atomic E-state index is 0.288. The average Bonchev–Trinajstić information content (AvgIpc) is 3.71. The van der Waals surface area contributed by atoms with E-state index in [1.54, 1.807) is 178 Å². The van der Waals surface area contributed by atoms with E-state index in [1.807, 2.05) is 0 Å². The minimum atomic E-state index is -1.57. The first kappa shape index (κ1) is 64.7. The van der Waals surface area contributed by atoms with E-state index in [0.717, 1.165) is 11.3 Å². The molecule has 19 heteroatoms. The third kappa shape index (κ3) is 17.4. The molecule has 3 heterocycles. The molecule has 10 atom stereocenters. The Kier molecular flexibility index (Phi) is 20.0. The van der Waals surface area contributed by atoms with Gasteiger partial charge in [-0.1, -0.05) is 0 Å². The lowest BCUT2D eigenvalue weighted by Crippen LogP contribution is -2.61. The minimum Gasteiger partial charge on any atom is -0.462 e. The van der Waals surface area contributed by atoms with Gasteiger partial charge in [-0.25, -0.2) is 0 Å². The van der Waals surface area contributed by atoms with Gasteiger partial charge in [-0.15, -0.1) is 11.3 Å². The predicted molar refractivity (Wildman–Crippen MR) is 276 cm³/mol. The zero-order chi connectivity index (χ0) is 58.2. The van der Waals surface area contributed by atoms with Gasteiger partial charge in [0.2, 0.25) is 0 Å². The Balaban J connectivity index is 2.49. The van der Waals surface area contributed by atoms with Crippen molar-refractivity contribution in [3.63, 3.8) is 0 Å². The molecule has 0 aliphatic carbocycles. The number of hydrogen-bond donors (Lipinski definition) is 0. The number of thiophene rings is 1. The van der Waals surface area contributed by atoms with Crippen molar-refractivity contribution in [3.05, 3.63) is 21.9 Å². The van der Waals surface area contributed by atoms with Gasteiger partial charge in [0.1, 0.15) is 37.6 Å². The molecule has 0 saturated carbocycles. The van der Waals surface area contributed by atoms with Gasteiger partial charge in [-0.05, 0) is 183 Å². The second-order valence-corrected chi connectivity index (χ2v) is 28.8. The Bertz CT molecular complexity index is 2080. The maximum absolute atomic E-state index is 14.1. The summed E-state index contributed by atoms with van der Waals surface area (Å²) in [6, 6.07) is 1.61. The first-order chi connectivity index (χ1) is 33.6. The smallest absolute Gasteiger partial charge is 0.311 e. The van der Waals surface area contributed by atoms with Crippen molar-refractivity contribution < 1.29 is 85.7 Å².